The summed E-state index contributed by atoms with van der Waals surface area (Å²) < 4.78 is 11.5. The molecule has 0 saturated heterocycles. The summed E-state index contributed by atoms with van der Waals surface area (Å²) in [4.78, 5) is 36.9. The molecule has 196 valence electrons. The number of ether oxygens (including phenoxy) is 2. The molecule has 0 spiro atoms. The van der Waals surface area contributed by atoms with Gasteiger partial charge in [0, 0.05) is 37.4 Å². The average molecular weight is 537 g/mol. The SMILES string of the molecule is CC(=O)Nc1cc(C(C)C(=O)C(C)c2ccc(OCCCCl)c(NC(C)=O)c2)ccc1OCCCCl. The first-order chi connectivity index (χ1) is 17.2. The Hall–Kier alpha value is -2.77. The molecule has 9 heteroatoms. The van der Waals surface area contributed by atoms with Crippen molar-refractivity contribution in [1.29, 1.82) is 0 Å². The van der Waals surface area contributed by atoms with Crippen LogP contribution in [0.3, 0.4) is 0 Å². The van der Waals surface area contributed by atoms with Gasteiger partial charge < -0.3 is 20.1 Å². The van der Waals surface area contributed by atoms with Gasteiger partial charge in [0.25, 0.3) is 0 Å². The number of Topliss-reactive ketones (excluding diaryl/α,β-unsaturated/α-hetero) is 1. The second kappa shape index (κ2) is 14.7. The molecule has 2 rings (SSSR count). The van der Waals surface area contributed by atoms with Gasteiger partial charge >= 0.3 is 0 Å². The fourth-order valence-corrected chi connectivity index (χ4v) is 3.86. The first kappa shape index (κ1) is 29.5. The van der Waals surface area contributed by atoms with E-state index in [9.17, 15) is 14.4 Å². The second-order valence-electron chi connectivity index (χ2n) is 8.50. The van der Waals surface area contributed by atoms with Gasteiger partial charge in [0.05, 0.1) is 24.6 Å². The van der Waals surface area contributed by atoms with E-state index in [1.54, 1.807) is 24.3 Å². The number of alkyl halides is 2. The molecule has 0 aliphatic heterocycles. The van der Waals surface area contributed by atoms with E-state index in [1.807, 2.05) is 26.0 Å². The van der Waals surface area contributed by atoms with Crippen LogP contribution in [0.15, 0.2) is 36.4 Å². The number of carbonyl (C=O) groups excluding carboxylic acids is 3. The number of nitrogens with one attached hydrogen (secondary N) is 2. The molecule has 0 heterocycles. The van der Waals surface area contributed by atoms with Crippen LogP contribution in [0.1, 0.15) is 63.5 Å². The molecule has 0 fully saturated rings. The number of hydrogen-bond donors (Lipinski definition) is 2. The maximum absolute atomic E-state index is 13.4. The monoisotopic (exact) mass is 536 g/mol. The van der Waals surface area contributed by atoms with Crippen LogP contribution in [-0.4, -0.2) is 42.6 Å². The van der Waals surface area contributed by atoms with Crippen LogP contribution in [0.4, 0.5) is 11.4 Å². The van der Waals surface area contributed by atoms with Crippen molar-refractivity contribution in [3.8, 4) is 11.5 Å². The minimum absolute atomic E-state index is 0.0100. The minimum Gasteiger partial charge on any atom is -0.491 e. The molecular weight excluding hydrogens is 503 g/mol. The van der Waals surface area contributed by atoms with Gasteiger partial charge in [0.2, 0.25) is 11.8 Å². The van der Waals surface area contributed by atoms with Gasteiger partial charge in [-0.05, 0) is 48.2 Å². The highest BCUT2D eigenvalue weighted by Gasteiger charge is 2.25. The van der Waals surface area contributed by atoms with Crippen molar-refractivity contribution in [2.24, 2.45) is 0 Å². The van der Waals surface area contributed by atoms with Crippen molar-refractivity contribution in [3.05, 3.63) is 47.5 Å². The average Bonchev–Trinajstić information content (AvgIpc) is 2.84. The van der Waals surface area contributed by atoms with E-state index in [4.69, 9.17) is 32.7 Å². The normalized spacial score (nSPS) is 12.4. The van der Waals surface area contributed by atoms with E-state index in [-0.39, 0.29) is 17.6 Å². The fourth-order valence-electron chi connectivity index (χ4n) is 3.64. The number of halogens is 2. The van der Waals surface area contributed by atoms with Crippen LogP contribution in [0, 0.1) is 0 Å². The van der Waals surface area contributed by atoms with Crippen molar-refractivity contribution in [1.82, 2.24) is 0 Å². The number of benzene rings is 2. The third-order valence-electron chi connectivity index (χ3n) is 5.55. The molecule has 0 aliphatic rings. The number of amides is 2. The Kier molecular flexibility index (Phi) is 12.0. The summed E-state index contributed by atoms with van der Waals surface area (Å²) in [6.07, 6.45) is 1.35. The maximum atomic E-state index is 13.4. The van der Waals surface area contributed by atoms with Gasteiger partial charge in [-0.3, -0.25) is 14.4 Å². The smallest absolute Gasteiger partial charge is 0.221 e. The molecule has 2 atom stereocenters. The summed E-state index contributed by atoms with van der Waals surface area (Å²) in [5, 5.41) is 5.56. The van der Waals surface area contributed by atoms with Gasteiger partial charge in [-0.15, -0.1) is 23.2 Å². The molecule has 0 bridgehead atoms. The van der Waals surface area contributed by atoms with Crippen molar-refractivity contribution in [3.63, 3.8) is 0 Å². The molecule has 0 radical (unpaired) electrons. The van der Waals surface area contributed by atoms with E-state index in [0.29, 0.717) is 60.7 Å². The van der Waals surface area contributed by atoms with Crippen LogP contribution < -0.4 is 20.1 Å². The largest absolute Gasteiger partial charge is 0.491 e. The number of carbonyl (C=O) groups is 3. The summed E-state index contributed by atoms with van der Waals surface area (Å²) in [5.41, 5.74) is 2.52. The lowest BCUT2D eigenvalue weighted by molar-refractivity contribution is -0.121. The molecule has 2 aromatic carbocycles. The fraction of sp³-hybridized carbons (Fsp3) is 0.444. The van der Waals surface area contributed by atoms with E-state index in [2.05, 4.69) is 10.6 Å². The Labute approximate surface area is 222 Å². The zero-order valence-electron chi connectivity index (χ0n) is 21.2. The Morgan fingerprint density at radius 1 is 0.750 bits per heavy atom. The lowest BCUT2D eigenvalue weighted by atomic mass is 9.85. The summed E-state index contributed by atoms with van der Waals surface area (Å²) in [6.45, 7) is 7.34. The first-order valence-electron chi connectivity index (χ1n) is 11.9. The first-order valence-corrected chi connectivity index (χ1v) is 13.0. The van der Waals surface area contributed by atoms with Crippen LogP contribution in [-0.2, 0) is 14.4 Å². The molecular formula is C27H34Cl2N2O5. The Bertz CT molecular complexity index is 979. The van der Waals surface area contributed by atoms with E-state index >= 15 is 0 Å². The standard InChI is InChI=1S/C27H34Cl2N2O5/c1-17(21-7-9-25(35-13-5-11-28)23(15-21)30-19(3)32)27(34)18(2)22-8-10-26(36-14-6-12-29)24(16-22)31-20(4)33/h7-10,15-18H,5-6,11-14H2,1-4H3,(H,30,32)(H,31,33). The van der Waals surface area contributed by atoms with Crippen molar-refractivity contribution in [2.75, 3.05) is 35.6 Å². The summed E-state index contributed by atoms with van der Waals surface area (Å²) >= 11 is 11.5. The predicted molar refractivity (Wildman–Crippen MR) is 145 cm³/mol. The van der Waals surface area contributed by atoms with Gasteiger partial charge in [-0.2, -0.15) is 0 Å². The van der Waals surface area contributed by atoms with E-state index in [1.165, 1.54) is 13.8 Å². The summed E-state index contributed by atoms with van der Waals surface area (Å²) in [6, 6.07) is 10.7. The Morgan fingerprint density at radius 3 is 1.47 bits per heavy atom. The molecule has 2 aromatic rings. The van der Waals surface area contributed by atoms with Gasteiger partial charge in [0.1, 0.15) is 17.3 Å². The van der Waals surface area contributed by atoms with Crippen molar-refractivity contribution < 1.29 is 23.9 Å². The molecule has 2 N–H and O–H groups in total. The van der Waals surface area contributed by atoms with Crippen LogP contribution in [0.25, 0.3) is 0 Å². The highest BCUT2D eigenvalue weighted by molar-refractivity contribution is 6.18. The Morgan fingerprint density at radius 2 is 1.14 bits per heavy atom. The minimum atomic E-state index is -0.451. The number of ketones is 1. The molecule has 36 heavy (non-hydrogen) atoms. The van der Waals surface area contributed by atoms with Crippen molar-refractivity contribution in [2.45, 2.75) is 52.4 Å². The zero-order chi connectivity index (χ0) is 26.7. The van der Waals surface area contributed by atoms with Crippen LogP contribution >= 0.6 is 23.2 Å². The zero-order valence-corrected chi connectivity index (χ0v) is 22.7. The van der Waals surface area contributed by atoms with Gasteiger partial charge in [-0.25, -0.2) is 0 Å². The van der Waals surface area contributed by atoms with E-state index < -0.39 is 11.8 Å². The quantitative estimate of drug-likeness (QED) is 0.225. The van der Waals surface area contributed by atoms with Crippen LogP contribution in [0.5, 0.6) is 11.5 Å². The topological polar surface area (TPSA) is 93.7 Å². The third-order valence-corrected chi connectivity index (χ3v) is 6.09. The molecule has 0 aliphatic carbocycles. The summed E-state index contributed by atoms with van der Waals surface area (Å²) in [7, 11) is 0. The molecule has 7 nitrogen and oxygen atoms in total. The van der Waals surface area contributed by atoms with Crippen molar-refractivity contribution >= 4 is 52.2 Å². The van der Waals surface area contributed by atoms with Gasteiger partial charge in [-0.1, -0.05) is 26.0 Å². The molecule has 2 amide bonds. The van der Waals surface area contributed by atoms with Crippen LogP contribution in [0.2, 0.25) is 0 Å². The maximum Gasteiger partial charge on any atom is 0.221 e. The number of anilines is 2. The Balaban J connectivity index is 2.27. The molecule has 2 unspecified atom stereocenters. The number of rotatable bonds is 14. The second-order valence-corrected chi connectivity index (χ2v) is 9.26. The highest BCUT2D eigenvalue weighted by Crippen LogP contribution is 2.34. The predicted octanol–water partition coefficient (Wildman–Crippen LogP) is 6.10. The highest BCUT2D eigenvalue weighted by atomic mass is 35.5. The molecule has 0 saturated carbocycles. The van der Waals surface area contributed by atoms with Gasteiger partial charge in [0.15, 0.2) is 0 Å². The van der Waals surface area contributed by atoms with E-state index in [0.717, 1.165) is 11.1 Å². The lowest BCUT2D eigenvalue weighted by Crippen LogP contribution is -2.18. The summed E-state index contributed by atoms with van der Waals surface area (Å²) in [5.74, 6) is 0.613. The number of hydrogen-bond acceptors (Lipinski definition) is 5. The third kappa shape index (κ3) is 8.71. The molecule has 0 aromatic heterocycles. The lowest BCUT2D eigenvalue weighted by Gasteiger charge is -2.20.